The molecular formula is C12H16BrIN4. The van der Waals surface area contributed by atoms with Crippen molar-refractivity contribution in [1.82, 2.24) is 5.43 Å². The van der Waals surface area contributed by atoms with Crippen molar-refractivity contribution in [2.24, 2.45) is 10.8 Å². The molecule has 1 aromatic rings. The van der Waals surface area contributed by atoms with Gasteiger partial charge in [0.25, 0.3) is 0 Å². The molecule has 18 heavy (non-hydrogen) atoms. The summed E-state index contributed by atoms with van der Waals surface area (Å²) in [5, 5.41) is 3.24. The first-order chi connectivity index (χ1) is 8.69. The molecule has 0 radical (unpaired) electrons. The number of hydrogen-bond acceptors (Lipinski definition) is 2. The minimum atomic E-state index is 0.397. The van der Waals surface area contributed by atoms with Gasteiger partial charge in [0.15, 0.2) is 0 Å². The van der Waals surface area contributed by atoms with Gasteiger partial charge >= 0.3 is 0 Å². The average Bonchev–Trinajstić information content (AvgIpc) is 2.85. The first-order valence-electron chi connectivity index (χ1n) is 5.95. The van der Waals surface area contributed by atoms with Crippen LogP contribution in [0.15, 0.2) is 27.7 Å². The summed E-state index contributed by atoms with van der Waals surface area (Å²) in [4.78, 5) is 4.61. The van der Waals surface area contributed by atoms with E-state index in [1.54, 1.807) is 0 Å². The van der Waals surface area contributed by atoms with Crippen LogP contribution >= 0.6 is 38.5 Å². The van der Waals surface area contributed by atoms with E-state index in [1.165, 1.54) is 12.8 Å². The Balaban J connectivity index is 2.11. The predicted molar refractivity (Wildman–Crippen MR) is 87.5 cm³/mol. The van der Waals surface area contributed by atoms with Crippen LogP contribution in [-0.4, -0.2) is 12.0 Å². The predicted octanol–water partition coefficient (Wildman–Crippen LogP) is 3.23. The zero-order chi connectivity index (χ0) is 13.0. The summed E-state index contributed by atoms with van der Waals surface area (Å²) < 4.78 is 2.16. The van der Waals surface area contributed by atoms with Gasteiger partial charge in [0.2, 0.25) is 5.96 Å². The van der Waals surface area contributed by atoms with E-state index in [0.29, 0.717) is 12.0 Å². The molecule has 0 unspecified atom stereocenters. The fraction of sp³-hybridized carbons (Fsp3) is 0.417. The van der Waals surface area contributed by atoms with Crippen LogP contribution in [0, 0.1) is 3.57 Å². The van der Waals surface area contributed by atoms with Crippen LogP contribution in [0.2, 0.25) is 0 Å². The number of nitrogens with one attached hydrogen (secondary N) is 2. The molecule has 0 spiro atoms. The molecule has 2 rings (SSSR count). The summed E-state index contributed by atoms with van der Waals surface area (Å²) in [6.45, 7) is 0. The Morgan fingerprint density at radius 1 is 1.39 bits per heavy atom. The van der Waals surface area contributed by atoms with E-state index in [9.17, 15) is 0 Å². The Bertz CT molecular complexity index is 444. The SMILES string of the molecule is NNC(=NC1CCCC1)Nc1cc(Br)ccc1I. The lowest BCUT2D eigenvalue weighted by molar-refractivity contribution is 0.700. The van der Waals surface area contributed by atoms with Gasteiger partial charge in [0.1, 0.15) is 0 Å². The highest BCUT2D eigenvalue weighted by Gasteiger charge is 2.14. The summed E-state index contributed by atoms with van der Waals surface area (Å²) in [7, 11) is 0. The summed E-state index contributed by atoms with van der Waals surface area (Å²) in [6, 6.07) is 6.46. The molecular weight excluding hydrogens is 407 g/mol. The molecule has 1 fully saturated rings. The largest absolute Gasteiger partial charge is 0.324 e. The van der Waals surface area contributed by atoms with Gasteiger partial charge in [-0.1, -0.05) is 28.8 Å². The normalized spacial score (nSPS) is 16.9. The van der Waals surface area contributed by atoms with E-state index < -0.39 is 0 Å². The molecule has 0 bridgehead atoms. The van der Waals surface area contributed by atoms with E-state index >= 15 is 0 Å². The number of aliphatic imine (C=N–C) groups is 1. The van der Waals surface area contributed by atoms with Crippen LogP contribution in [0.25, 0.3) is 0 Å². The fourth-order valence-corrected chi connectivity index (χ4v) is 2.87. The topological polar surface area (TPSA) is 62.4 Å². The first kappa shape index (κ1) is 14.1. The number of hydrazine groups is 1. The van der Waals surface area contributed by atoms with Gasteiger partial charge in [0.05, 0.1) is 11.7 Å². The van der Waals surface area contributed by atoms with Gasteiger partial charge in [-0.25, -0.2) is 10.8 Å². The Morgan fingerprint density at radius 3 is 2.78 bits per heavy atom. The molecule has 1 aliphatic carbocycles. The molecule has 1 aliphatic rings. The minimum Gasteiger partial charge on any atom is -0.324 e. The number of rotatable bonds is 2. The van der Waals surface area contributed by atoms with Crippen molar-refractivity contribution >= 4 is 50.2 Å². The smallest absolute Gasteiger partial charge is 0.210 e. The second-order valence-electron chi connectivity index (χ2n) is 4.31. The number of nitrogens with two attached hydrogens (primary N) is 1. The first-order valence-corrected chi connectivity index (χ1v) is 7.82. The maximum absolute atomic E-state index is 5.53. The summed E-state index contributed by atoms with van der Waals surface area (Å²) in [5.74, 6) is 6.17. The van der Waals surface area contributed by atoms with Gasteiger partial charge in [0, 0.05) is 8.04 Å². The van der Waals surface area contributed by atoms with Crippen molar-refractivity contribution in [2.45, 2.75) is 31.7 Å². The Hall–Kier alpha value is -0.340. The van der Waals surface area contributed by atoms with Crippen LogP contribution in [0.5, 0.6) is 0 Å². The number of hydrogen-bond donors (Lipinski definition) is 3. The van der Waals surface area contributed by atoms with E-state index in [4.69, 9.17) is 5.84 Å². The van der Waals surface area contributed by atoms with Crippen LogP contribution in [0.1, 0.15) is 25.7 Å². The maximum Gasteiger partial charge on any atom is 0.210 e. The number of nitrogens with zero attached hydrogens (tertiary/aromatic N) is 1. The third-order valence-electron chi connectivity index (χ3n) is 2.95. The van der Waals surface area contributed by atoms with E-state index in [-0.39, 0.29) is 0 Å². The third-order valence-corrected chi connectivity index (χ3v) is 4.39. The molecule has 0 atom stereocenters. The third kappa shape index (κ3) is 3.83. The highest BCUT2D eigenvalue weighted by Crippen LogP contribution is 2.24. The van der Waals surface area contributed by atoms with Crippen molar-refractivity contribution < 1.29 is 0 Å². The monoisotopic (exact) mass is 422 g/mol. The van der Waals surface area contributed by atoms with Gasteiger partial charge in [-0.05, 0) is 53.6 Å². The average molecular weight is 423 g/mol. The van der Waals surface area contributed by atoms with Crippen molar-refractivity contribution in [3.63, 3.8) is 0 Å². The lowest BCUT2D eigenvalue weighted by Gasteiger charge is -2.13. The van der Waals surface area contributed by atoms with Crippen molar-refractivity contribution in [2.75, 3.05) is 5.32 Å². The maximum atomic E-state index is 5.53. The molecule has 1 saturated carbocycles. The molecule has 0 aliphatic heterocycles. The molecule has 0 aromatic heterocycles. The van der Waals surface area contributed by atoms with Crippen LogP contribution in [0.3, 0.4) is 0 Å². The van der Waals surface area contributed by atoms with Crippen LogP contribution in [0.4, 0.5) is 5.69 Å². The van der Waals surface area contributed by atoms with Crippen molar-refractivity contribution in [3.05, 3.63) is 26.2 Å². The van der Waals surface area contributed by atoms with Gasteiger partial charge in [-0.3, -0.25) is 5.43 Å². The van der Waals surface area contributed by atoms with E-state index in [0.717, 1.165) is 26.6 Å². The number of benzene rings is 1. The van der Waals surface area contributed by atoms with Crippen molar-refractivity contribution in [1.29, 1.82) is 0 Å². The lowest BCUT2D eigenvalue weighted by atomic mass is 10.3. The second-order valence-corrected chi connectivity index (χ2v) is 6.39. The summed E-state index contributed by atoms with van der Waals surface area (Å²) >= 11 is 5.75. The van der Waals surface area contributed by atoms with E-state index in [2.05, 4.69) is 54.3 Å². The molecule has 6 heteroatoms. The molecule has 0 saturated heterocycles. The molecule has 4 nitrogen and oxygen atoms in total. The Labute approximate surface area is 129 Å². The van der Waals surface area contributed by atoms with Gasteiger partial charge in [-0.2, -0.15) is 0 Å². The zero-order valence-electron chi connectivity index (χ0n) is 9.92. The highest BCUT2D eigenvalue weighted by molar-refractivity contribution is 14.1. The lowest BCUT2D eigenvalue weighted by Crippen LogP contribution is -2.37. The standard InChI is InChI=1S/C12H16BrIN4/c13-8-5-6-10(14)11(7-8)17-12(18-15)16-9-3-1-2-4-9/h5-7,9H,1-4,15H2,(H2,16,17,18). The number of guanidine groups is 1. The highest BCUT2D eigenvalue weighted by atomic mass is 127. The minimum absolute atomic E-state index is 0.397. The summed E-state index contributed by atoms with van der Waals surface area (Å²) in [6.07, 6.45) is 4.84. The molecule has 98 valence electrons. The Kier molecular flexibility index (Phi) is 5.25. The number of anilines is 1. The molecule has 4 N–H and O–H groups in total. The van der Waals surface area contributed by atoms with Crippen LogP contribution in [-0.2, 0) is 0 Å². The second kappa shape index (κ2) is 6.72. The molecule has 1 aromatic carbocycles. The zero-order valence-corrected chi connectivity index (χ0v) is 13.7. The quantitative estimate of drug-likeness (QED) is 0.225. The fourth-order valence-electron chi connectivity index (χ4n) is 2.04. The van der Waals surface area contributed by atoms with E-state index in [1.807, 2.05) is 18.2 Å². The molecule has 0 heterocycles. The number of halogens is 2. The van der Waals surface area contributed by atoms with Gasteiger partial charge in [-0.15, -0.1) is 0 Å². The van der Waals surface area contributed by atoms with Crippen LogP contribution < -0.4 is 16.6 Å². The van der Waals surface area contributed by atoms with Crippen molar-refractivity contribution in [3.8, 4) is 0 Å². The van der Waals surface area contributed by atoms with Gasteiger partial charge < -0.3 is 5.32 Å². The Morgan fingerprint density at radius 2 is 2.11 bits per heavy atom. The molecule has 0 amide bonds. The summed E-state index contributed by atoms with van der Waals surface area (Å²) in [5.41, 5.74) is 3.64.